The third-order valence-corrected chi connectivity index (χ3v) is 4.42. The molecule has 1 fully saturated rings. The zero-order chi connectivity index (χ0) is 16.1. The molecule has 1 aliphatic rings. The zero-order valence-corrected chi connectivity index (χ0v) is 13.6. The van der Waals surface area contributed by atoms with Crippen LogP contribution in [0.4, 0.5) is 11.4 Å². The van der Waals surface area contributed by atoms with Gasteiger partial charge in [-0.2, -0.15) is 0 Å². The summed E-state index contributed by atoms with van der Waals surface area (Å²) in [7, 11) is 0. The van der Waals surface area contributed by atoms with Crippen molar-refractivity contribution in [3.05, 3.63) is 33.9 Å². The molecule has 7 heteroatoms. The molecule has 0 radical (unpaired) electrons. The molecule has 1 aromatic carbocycles. The number of nitrogens with zero attached hydrogens (tertiary/aromatic N) is 3. The lowest BCUT2D eigenvalue weighted by Crippen LogP contribution is -2.25. The summed E-state index contributed by atoms with van der Waals surface area (Å²) in [6, 6.07) is 4.71. The van der Waals surface area contributed by atoms with E-state index in [1.54, 1.807) is 30.8 Å². The summed E-state index contributed by atoms with van der Waals surface area (Å²) in [4.78, 5) is 28.2. The average molecular weight is 321 g/mol. The second kappa shape index (κ2) is 7.40. The molecule has 0 aromatic heterocycles. The number of Topliss-reactive ketones (excluding diaryl/α,β-unsaturated/α-hetero) is 1. The highest BCUT2D eigenvalue weighted by Gasteiger charge is 2.19. The summed E-state index contributed by atoms with van der Waals surface area (Å²) in [5.74, 6) is 1.18. The predicted molar refractivity (Wildman–Crippen MR) is 88.9 cm³/mol. The van der Waals surface area contributed by atoms with Gasteiger partial charge in [0.05, 0.1) is 10.6 Å². The van der Waals surface area contributed by atoms with Crippen LogP contribution in [0.25, 0.3) is 0 Å². The van der Waals surface area contributed by atoms with E-state index < -0.39 is 4.92 Å². The van der Waals surface area contributed by atoms with E-state index in [0.29, 0.717) is 6.42 Å². The van der Waals surface area contributed by atoms with E-state index in [1.165, 1.54) is 6.07 Å². The van der Waals surface area contributed by atoms with E-state index in [4.69, 9.17) is 0 Å². The van der Waals surface area contributed by atoms with Gasteiger partial charge < -0.3 is 9.69 Å². The SMILES string of the molecule is CC(=O)CCCN1CCS/C1=N\c1ccc([N+](=O)[O-])cc1C. The second-order valence-electron chi connectivity index (χ2n) is 5.26. The number of non-ortho nitro benzene ring substituents is 1. The summed E-state index contributed by atoms with van der Waals surface area (Å²) in [6.07, 6.45) is 1.42. The Morgan fingerprint density at radius 2 is 2.27 bits per heavy atom. The van der Waals surface area contributed by atoms with Crippen molar-refractivity contribution in [3.63, 3.8) is 0 Å². The predicted octanol–water partition coefficient (Wildman–Crippen LogP) is 3.31. The topological polar surface area (TPSA) is 75.8 Å². The molecule has 1 heterocycles. The van der Waals surface area contributed by atoms with Crippen molar-refractivity contribution in [2.45, 2.75) is 26.7 Å². The Labute approximate surface area is 133 Å². The van der Waals surface area contributed by atoms with Crippen LogP contribution < -0.4 is 0 Å². The maximum atomic E-state index is 11.0. The number of hydrogen-bond acceptors (Lipinski definition) is 5. The van der Waals surface area contributed by atoms with Crippen LogP contribution in [0.3, 0.4) is 0 Å². The van der Waals surface area contributed by atoms with Gasteiger partial charge in [0.15, 0.2) is 5.17 Å². The summed E-state index contributed by atoms with van der Waals surface area (Å²) in [5, 5.41) is 11.7. The van der Waals surface area contributed by atoms with Crippen molar-refractivity contribution < 1.29 is 9.72 Å². The Kier molecular flexibility index (Phi) is 5.54. The third-order valence-electron chi connectivity index (χ3n) is 3.43. The molecule has 0 bridgehead atoms. The monoisotopic (exact) mass is 321 g/mol. The fourth-order valence-corrected chi connectivity index (χ4v) is 3.27. The van der Waals surface area contributed by atoms with Crippen LogP contribution in [0, 0.1) is 17.0 Å². The van der Waals surface area contributed by atoms with Gasteiger partial charge in [0.1, 0.15) is 5.78 Å². The number of rotatable bonds is 6. The van der Waals surface area contributed by atoms with E-state index in [2.05, 4.69) is 9.89 Å². The normalized spacial score (nSPS) is 16.3. The number of nitro groups is 1. The molecular formula is C15H19N3O3S. The molecule has 0 N–H and O–H groups in total. The van der Waals surface area contributed by atoms with E-state index in [1.807, 2.05) is 6.92 Å². The van der Waals surface area contributed by atoms with Crippen LogP contribution in [0.5, 0.6) is 0 Å². The molecule has 1 aromatic rings. The fourth-order valence-electron chi connectivity index (χ4n) is 2.25. The highest BCUT2D eigenvalue weighted by atomic mass is 32.2. The quantitative estimate of drug-likeness (QED) is 0.593. The van der Waals surface area contributed by atoms with Crippen molar-refractivity contribution in [3.8, 4) is 0 Å². The van der Waals surface area contributed by atoms with Crippen molar-refractivity contribution >= 4 is 34.1 Å². The van der Waals surface area contributed by atoms with Gasteiger partial charge in [-0.3, -0.25) is 10.1 Å². The number of nitro benzene ring substituents is 1. The number of aryl methyl sites for hydroxylation is 1. The van der Waals surface area contributed by atoms with Crippen LogP contribution in [0.1, 0.15) is 25.3 Å². The lowest BCUT2D eigenvalue weighted by Gasteiger charge is -2.17. The van der Waals surface area contributed by atoms with Gasteiger partial charge >= 0.3 is 0 Å². The van der Waals surface area contributed by atoms with Gasteiger partial charge in [-0.25, -0.2) is 4.99 Å². The van der Waals surface area contributed by atoms with Gasteiger partial charge in [0.25, 0.3) is 5.69 Å². The van der Waals surface area contributed by atoms with E-state index in [9.17, 15) is 14.9 Å². The molecule has 0 atom stereocenters. The highest BCUT2D eigenvalue weighted by Crippen LogP contribution is 2.27. The number of amidine groups is 1. The van der Waals surface area contributed by atoms with E-state index >= 15 is 0 Å². The van der Waals surface area contributed by atoms with Crippen LogP contribution >= 0.6 is 11.8 Å². The first-order valence-corrected chi connectivity index (χ1v) is 8.17. The molecule has 0 spiro atoms. The lowest BCUT2D eigenvalue weighted by molar-refractivity contribution is -0.384. The number of hydrogen-bond donors (Lipinski definition) is 0. The minimum Gasteiger partial charge on any atom is -0.350 e. The largest absolute Gasteiger partial charge is 0.350 e. The molecule has 0 unspecified atom stereocenters. The first kappa shape index (κ1) is 16.5. The second-order valence-corrected chi connectivity index (χ2v) is 6.33. The zero-order valence-electron chi connectivity index (χ0n) is 12.7. The Hall–Kier alpha value is -1.89. The molecule has 0 aliphatic carbocycles. The first-order valence-electron chi connectivity index (χ1n) is 7.18. The summed E-state index contributed by atoms with van der Waals surface area (Å²) in [5.41, 5.74) is 1.63. The van der Waals surface area contributed by atoms with Crippen LogP contribution in [0.2, 0.25) is 0 Å². The number of aliphatic imine (C=N–C) groups is 1. The molecule has 118 valence electrons. The molecule has 2 rings (SSSR count). The number of thioether (sulfide) groups is 1. The average Bonchev–Trinajstić information content (AvgIpc) is 2.88. The number of carbonyl (C=O) groups excluding carboxylic acids is 1. The maximum Gasteiger partial charge on any atom is 0.269 e. The minimum atomic E-state index is -0.400. The van der Waals surface area contributed by atoms with Gasteiger partial charge in [0.2, 0.25) is 0 Å². The summed E-state index contributed by atoms with van der Waals surface area (Å²) >= 11 is 1.68. The Morgan fingerprint density at radius 3 is 2.91 bits per heavy atom. The standard InChI is InChI=1S/C15H19N3O3S/c1-11-10-13(18(20)21)5-6-14(11)16-15-17(8-9-22-15)7-3-4-12(2)19/h5-6,10H,3-4,7-9H2,1-2H3/b16-15-. The Morgan fingerprint density at radius 1 is 1.50 bits per heavy atom. The summed E-state index contributed by atoms with van der Waals surface area (Å²) in [6.45, 7) is 5.17. The number of carbonyl (C=O) groups is 1. The van der Waals surface area contributed by atoms with Crippen molar-refractivity contribution in [1.29, 1.82) is 0 Å². The van der Waals surface area contributed by atoms with Gasteiger partial charge in [0, 0.05) is 37.4 Å². The van der Waals surface area contributed by atoms with Crippen LogP contribution in [-0.2, 0) is 4.79 Å². The van der Waals surface area contributed by atoms with Crippen LogP contribution in [-0.4, -0.2) is 39.6 Å². The van der Waals surface area contributed by atoms with E-state index in [0.717, 1.165) is 41.7 Å². The molecule has 1 saturated heterocycles. The molecule has 6 nitrogen and oxygen atoms in total. The number of ketones is 1. The third kappa shape index (κ3) is 4.30. The molecule has 0 saturated carbocycles. The van der Waals surface area contributed by atoms with Gasteiger partial charge in [-0.05, 0) is 31.9 Å². The van der Waals surface area contributed by atoms with Gasteiger partial charge in [-0.1, -0.05) is 11.8 Å². The Bertz CT molecular complexity index is 616. The fraction of sp³-hybridized carbons (Fsp3) is 0.467. The van der Waals surface area contributed by atoms with Crippen molar-refractivity contribution in [2.24, 2.45) is 4.99 Å². The van der Waals surface area contributed by atoms with Crippen molar-refractivity contribution in [1.82, 2.24) is 4.90 Å². The lowest BCUT2D eigenvalue weighted by atomic mass is 10.2. The smallest absolute Gasteiger partial charge is 0.269 e. The highest BCUT2D eigenvalue weighted by molar-refractivity contribution is 8.14. The van der Waals surface area contributed by atoms with Gasteiger partial charge in [-0.15, -0.1) is 0 Å². The van der Waals surface area contributed by atoms with E-state index in [-0.39, 0.29) is 11.5 Å². The molecule has 22 heavy (non-hydrogen) atoms. The maximum absolute atomic E-state index is 11.0. The molecule has 0 amide bonds. The number of benzene rings is 1. The van der Waals surface area contributed by atoms with Crippen LogP contribution in [0.15, 0.2) is 23.2 Å². The Balaban J connectivity index is 2.10. The summed E-state index contributed by atoms with van der Waals surface area (Å²) < 4.78 is 0. The molecule has 1 aliphatic heterocycles. The first-order chi connectivity index (χ1) is 10.5. The van der Waals surface area contributed by atoms with Crippen molar-refractivity contribution in [2.75, 3.05) is 18.8 Å². The minimum absolute atomic E-state index is 0.0823. The molecular weight excluding hydrogens is 302 g/mol.